The molecule has 0 saturated carbocycles. The van der Waals surface area contributed by atoms with Crippen LogP contribution in [0.25, 0.3) is 0 Å². The summed E-state index contributed by atoms with van der Waals surface area (Å²) in [4.78, 5) is 48.9. The second kappa shape index (κ2) is 11.0. The molecule has 2 fully saturated rings. The molecule has 5 rings (SSSR count). The maximum atomic E-state index is 13.3. The van der Waals surface area contributed by atoms with E-state index in [0.717, 1.165) is 5.56 Å². The zero-order valence-corrected chi connectivity index (χ0v) is 20.9. The number of hydrogen-bond donors (Lipinski definition) is 2. The Hall–Kier alpha value is -4.30. The Kier molecular flexibility index (Phi) is 7.33. The Morgan fingerprint density at radius 3 is 2.87 bits per heavy atom. The van der Waals surface area contributed by atoms with Gasteiger partial charge in [-0.2, -0.15) is 5.26 Å². The minimum Gasteiger partial charge on any atom is -0.377 e. The highest BCUT2D eigenvalue weighted by Gasteiger charge is 2.31. The van der Waals surface area contributed by atoms with Crippen LogP contribution in [-0.4, -0.2) is 78.7 Å². The van der Waals surface area contributed by atoms with Crippen LogP contribution in [0.3, 0.4) is 0 Å². The average Bonchev–Trinajstić information content (AvgIpc) is 3.31. The third-order valence-electron chi connectivity index (χ3n) is 6.95. The monoisotopic (exact) mass is 517 g/mol. The summed E-state index contributed by atoms with van der Waals surface area (Å²) >= 11 is 0. The molecule has 0 unspecified atom stereocenters. The standard InChI is InChI=1S/C26H27N7O5/c1-37-23-4-6-32(22(23)13-35)11-17-7-16-3-2-5-33(25(16)30-21(17)12-34)26(36)31-24-8-20(18(9-27)10-28-24)29-19-14-38-15-19/h7-8,10,12,19,23H,2-6,11,14-15H2,1H3,(H2,28,29,31,36)/t23-/m0/s1. The maximum Gasteiger partial charge on any atom is 0.328 e. The molecule has 2 aromatic rings. The number of carbonyl (C=O) groups excluding carboxylic acids is 3. The summed E-state index contributed by atoms with van der Waals surface area (Å²) in [5, 5.41) is 15.4. The average molecular weight is 518 g/mol. The summed E-state index contributed by atoms with van der Waals surface area (Å²) in [7, 11) is 1.55. The molecule has 0 spiro atoms. The number of likely N-dealkylation sites (tertiary alicyclic amines) is 1. The van der Waals surface area contributed by atoms with E-state index >= 15 is 0 Å². The van der Waals surface area contributed by atoms with Crippen LogP contribution in [-0.2, 0) is 27.2 Å². The smallest absolute Gasteiger partial charge is 0.328 e. The Morgan fingerprint density at radius 1 is 1.34 bits per heavy atom. The van der Waals surface area contributed by atoms with Gasteiger partial charge in [-0.05, 0) is 30.9 Å². The van der Waals surface area contributed by atoms with E-state index < -0.39 is 6.03 Å². The highest BCUT2D eigenvalue weighted by molar-refractivity contribution is 6.01. The number of ether oxygens (including phenoxy) is 2. The first kappa shape index (κ1) is 25.4. The number of nitriles is 1. The molecule has 12 heteroatoms. The van der Waals surface area contributed by atoms with Crippen LogP contribution in [0, 0.1) is 11.3 Å². The molecule has 3 aliphatic rings. The molecule has 12 nitrogen and oxygen atoms in total. The molecular weight excluding hydrogens is 490 g/mol. The number of aryl methyl sites for hydroxylation is 1. The van der Waals surface area contributed by atoms with Crippen LogP contribution >= 0.6 is 0 Å². The number of carbonyl (C=O) groups is 2. The second-order valence-corrected chi connectivity index (χ2v) is 9.35. The topological polar surface area (TPSA) is 150 Å². The number of aldehydes is 1. The molecule has 2 amide bonds. The van der Waals surface area contributed by atoms with E-state index in [1.54, 1.807) is 13.2 Å². The number of nitrogens with one attached hydrogen (secondary N) is 2. The molecule has 5 heterocycles. The molecule has 3 aliphatic heterocycles. The van der Waals surface area contributed by atoms with Crippen molar-refractivity contribution in [2.45, 2.75) is 38.0 Å². The van der Waals surface area contributed by atoms with Gasteiger partial charge in [0.05, 0.1) is 30.5 Å². The molecule has 0 aliphatic carbocycles. The lowest BCUT2D eigenvalue weighted by Gasteiger charge is -2.30. The van der Waals surface area contributed by atoms with Crippen molar-refractivity contribution in [1.82, 2.24) is 14.9 Å². The summed E-state index contributed by atoms with van der Waals surface area (Å²) in [6, 6.07) is 5.26. The molecule has 196 valence electrons. The second-order valence-electron chi connectivity index (χ2n) is 9.35. The number of hydrogen-bond acceptors (Lipinski definition) is 10. The third-order valence-corrected chi connectivity index (χ3v) is 6.95. The Balaban J connectivity index is 1.36. The van der Waals surface area contributed by atoms with Crippen LogP contribution < -0.4 is 15.5 Å². The lowest BCUT2D eigenvalue weighted by molar-refractivity contribution is 0.0211. The van der Waals surface area contributed by atoms with Crippen LogP contribution in [0.4, 0.5) is 22.1 Å². The van der Waals surface area contributed by atoms with Gasteiger partial charge in [0.25, 0.3) is 0 Å². The van der Waals surface area contributed by atoms with E-state index in [2.05, 4.69) is 26.7 Å². The minimum absolute atomic E-state index is 0.0984. The van der Waals surface area contributed by atoms with E-state index in [1.807, 2.05) is 16.9 Å². The highest BCUT2D eigenvalue weighted by Crippen LogP contribution is 2.31. The van der Waals surface area contributed by atoms with Gasteiger partial charge in [0.15, 0.2) is 6.29 Å². The van der Waals surface area contributed by atoms with Crippen LogP contribution in [0.1, 0.15) is 40.0 Å². The van der Waals surface area contributed by atoms with Crippen molar-refractivity contribution in [3.05, 3.63) is 46.4 Å². The number of urea groups is 1. The Labute approximate surface area is 219 Å². The molecule has 2 aromatic heterocycles. The first-order valence-electron chi connectivity index (χ1n) is 12.4. The van der Waals surface area contributed by atoms with Crippen molar-refractivity contribution in [2.75, 3.05) is 48.9 Å². The Bertz CT molecular complexity index is 1350. The number of pyridine rings is 2. The quantitative estimate of drug-likeness (QED) is 0.412. The molecule has 0 aromatic carbocycles. The van der Waals surface area contributed by atoms with Gasteiger partial charge in [-0.25, -0.2) is 19.6 Å². The first-order chi connectivity index (χ1) is 18.5. The van der Waals surface area contributed by atoms with Crippen LogP contribution in [0.5, 0.6) is 0 Å². The third kappa shape index (κ3) is 4.95. The summed E-state index contributed by atoms with van der Waals surface area (Å²) in [6.07, 6.45) is 3.84. The molecule has 2 N–H and O–H groups in total. The largest absolute Gasteiger partial charge is 0.377 e. The number of fused-ring (bicyclic) bond motifs is 1. The molecule has 0 radical (unpaired) electrons. The molecule has 2 saturated heterocycles. The summed E-state index contributed by atoms with van der Waals surface area (Å²) < 4.78 is 10.5. The van der Waals surface area contributed by atoms with Gasteiger partial charge in [-0.15, -0.1) is 0 Å². The zero-order chi connectivity index (χ0) is 26.6. The van der Waals surface area contributed by atoms with Gasteiger partial charge in [0, 0.05) is 44.6 Å². The predicted molar refractivity (Wildman–Crippen MR) is 137 cm³/mol. The van der Waals surface area contributed by atoms with Crippen molar-refractivity contribution in [2.24, 2.45) is 0 Å². The van der Waals surface area contributed by atoms with Crippen molar-refractivity contribution < 1.29 is 23.9 Å². The zero-order valence-electron chi connectivity index (χ0n) is 20.9. The van der Waals surface area contributed by atoms with Crippen LogP contribution in [0.15, 0.2) is 24.0 Å². The number of nitrogens with zero attached hydrogens (tertiary/aromatic N) is 5. The van der Waals surface area contributed by atoms with Crippen molar-refractivity contribution >= 4 is 35.6 Å². The first-order valence-corrected chi connectivity index (χ1v) is 12.4. The molecule has 1 atom stereocenters. The highest BCUT2D eigenvalue weighted by atomic mass is 16.5. The molecular formula is C26H27N7O5. The Morgan fingerprint density at radius 2 is 2.18 bits per heavy atom. The van der Waals surface area contributed by atoms with Crippen molar-refractivity contribution in [3.8, 4) is 6.07 Å². The van der Waals surface area contributed by atoms with Gasteiger partial charge >= 0.3 is 6.03 Å². The van der Waals surface area contributed by atoms with E-state index in [1.165, 1.54) is 11.1 Å². The van der Waals surface area contributed by atoms with Gasteiger partial charge in [-0.1, -0.05) is 0 Å². The van der Waals surface area contributed by atoms with Crippen molar-refractivity contribution in [1.29, 1.82) is 5.26 Å². The minimum atomic E-state index is -0.438. The SMILES string of the molecule is CO[C@H]1CCN(Cc2cc3c(nc2C=O)N(C(=O)Nc2cc(NC4COC4)c(C#N)cn2)CCC3)C1=C=O. The van der Waals surface area contributed by atoms with Gasteiger partial charge in [0.2, 0.25) is 0 Å². The summed E-state index contributed by atoms with van der Waals surface area (Å²) in [5.41, 5.74) is 3.08. The number of rotatable bonds is 7. The fourth-order valence-corrected chi connectivity index (χ4v) is 4.90. The normalized spacial score (nSPS) is 18.7. The molecule has 38 heavy (non-hydrogen) atoms. The molecule has 0 bridgehead atoms. The van der Waals surface area contributed by atoms with E-state index in [-0.39, 0.29) is 23.7 Å². The summed E-state index contributed by atoms with van der Waals surface area (Å²) in [6.45, 7) is 2.44. The fourth-order valence-electron chi connectivity index (χ4n) is 4.90. The van der Waals surface area contributed by atoms with E-state index in [0.29, 0.717) is 86.7 Å². The maximum absolute atomic E-state index is 13.3. The van der Waals surface area contributed by atoms with E-state index in [4.69, 9.17) is 9.47 Å². The van der Waals surface area contributed by atoms with Crippen molar-refractivity contribution in [3.63, 3.8) is 0 Å². The van der Waals surface area contributed by atoms with E-state index in [9.17, 15) is 19.6 Å². The fraction of sp³-hybridized carbons (Fsp3) is 0.423. The van der Waals surface area contributed by atoms with Gasteiger partial charge in [0.1, 0.15) is 41.1 Å². The van der Waals surface area contributed by atoms with Crippen LogP contribution in [0.2, 0.25) is 0 Å². The number of amides is 2. The summed E-state index contributed by atoms with van der Waals surface area (Å²) in [5.74, 6) is 2.67. The van der Waals surface area contributed by atoms with Gasteiger partial charge in [-0.3, -0.25) is 15.0 Å². The predicted octanol–water partition coefficient (Wildman–Crippen LogP) is 1.89. The number of aromatic nitrogens is 2. The lowest BCUT2D eigenvalue weighted by atomic mass is 10.0. The lowest BCUT2D eigenvalue weighted by Crippen LogP contribution is -2.41. The van der Waals surface area contributed by atoms with Gasteiger partial charge < -0.3 is 19.7 Å². The number of methoxy groups -OCH3 is 1. The number of anilines is 3.